The molecule has 2 aromatic rings. The highest BCUT2D eigenvalue weighted by Gasteiger charge is 2.33. The number of fused-ring (bicyclic) bond motifs is 1. The van der Waals surface area contributed by atoms with Gasteiger partial charge in [-0.15, -0.1) is 0 Å². The van der Waals surface area contributed by atoms with Crippen LogP contribution in [0.5, 0.6) is 5.88 Å². The molecule has 23 heavy (non-hydrogen) atoms. The van der Waals surface area contributed by atoms with Crippen LogP contribution in [-0.4, -0.2) is 33.0 Å². The molecular weight excluding hydrogens is 317 g/mol. The summed E-state index contributed by atoms with van der Waals surface area (Å²) in [7, 11) is 1.22. The van der Waals surface area contributed by atoms with E-state index in [2.05, 4.69) is 10.1 Å². The molecule has 0 atom stereocenters. The van der Waals surface area contributed by atoms with Gasteiger partial charge in [-0.05, 0) is 12.1 Å². The van der Waals surface area contributed by atoms with Crippen LogP contribution in [-0.2, 0) is 30.6 Å². The van der Waals surface area contributed by atoms with Gasteiger partial charge in [0.1, 0.15) is 12.3 Å². The molecule has 0 spiro atoms. The van der Waals surface area contributed by atoms with Crippen LogP contribution in [0.1, 0.15) is 17.1 Å². The fourth-order valence-corrected chi connectivity index (χ4v) is 2.33. The van der Waals surface area contributed by atoms with Gasteiger partial charge in [0.15, 0.2) is 5.82 Å². The average Bonchev–Trinajstić information content (AvgIpc) is 2.83. The smallest absolute Gasteiger partial charge is 0.433 e. The molecule has 1 aliphatic heterocycles. The highest BCUT2D eigenvalue weighted by atomic mass is 19.4. The quantitative estimate of drug-likeness (QED) is 0.841. The number of methoxy groups -OCH3 is 1. The van der Waals surface area contributed by atoms with Crippen molar-refractivity contribution >= 4 is 0 Å². The molecule has 3 rings (SSSR count). The second-order valence-corrected chi connectivity index (χ2v) is 4.92. The summed E-state index contributed by atoms with van der Waals surface area (Å²) in [6, 6.07) is 2.08. The Hall–Kier alpha value is -2.36. The molecule has 0 amide bonds. The van der Waals surface area contributed by atoms with Crippen LogP contribution in [0.2, 0.25) is 0 Å². The predicted molar refractivity (Wildman–Crippen MR) is 71.0 cm³/mol. The molecule has 0 N–H and O–H groups in total. The third kappa shape index (κ3) is 2.93. The van der Waals surface area contributed by atoms with E-state index in [0.717, 1.165) is 10.7 Å². The van der Waals surface area contributed by atoms with Crippen LogP contribution >= 0.6 is 0 Å². The Morgan fingerprint density at radius 1 is 1.39 bits per heavy atom. The Balaban J connectivity index is 1.94. The van der Waals surface area contributed by atoms with E-state index in [1.54, 1.807) is 0 Å². The van der Waals surface area contributed by atoms with Gasteiger partial charge < -0.3 is 9.47 Å². The molecule has 7 nitrogen and oxygen atoms in total. The molecule has 0 saturated carbocycles. The average molecular weight is 330 g/mol. The molecule has 0 bridgehead atoms. The van der Waals surface area contributed by atoms with Crippen LogP contribution in [0.15, 0.2) is 16.9 Å². The fraction of sp³-hybridized carbons (Fsp3) is 0.462. The van der Waals surface area contributed by atoms with Crippen LogP contribution in [0.25, 0.3) is 0 Å². The first-order chi connectivity index (χ1) is 10.9. The first kappa shape index (κ1) is 15.5. The van der Waals surface area contributed by atoms with E-state index in [1.165, 1.54) is 17.7 Å². The van der Waals surface area contributed by atoms with E-state index in [4.69, 9.17) is 9.47 Å². The van der Waals surface area contributed by atoms with Gasteiger partial charge in [0, 0.05) is 5.56 Å². The lowest BCUT2D eigenvalue weighted by atomic mass is 10.2. The third-order valence-electron chi connectivity index (χ3n) is 3.43. The second kappa shape index (κ2) is 5.69. The Morgan fingerprint density at radius 3 is 2.83 bits per heavy atom. The van der Waals surface area contributed by atoms with Gasteiger partial charge in [-0.2, -0.15) is 18.3 Å². The van der Waals surface area contributed by atoms with Crippen molar-refractivity contribution in [1.82, 2.24) is 19.3 Å². The maximum Gasteiger partial charge on any atom is 0.433 e. The van der Waals surface area contributed by atoms with E-state index < -0.39 is 11.9 Å². The lowest BCUT2D eigenvalue weighted by Gasteiger charge is -2.11. The zero-order chi connectivity index (χ0) is 16.6. The third-order valence-corrected chi connectivity index (χ3v) is 3.43. The number of hydrogen-bond donors (Lipinski definition) is 0. The van der Waals surface area contributed by atoms with E-state index >= 15 is 0 Å². The molecule has 1 aliphatic rings. The maximum atomic E-state index is 12.7. The Kier molecular flexibility index (Phi) is 3.84. The van der Waals surface area contributed by atoms with Crippen LogP contribution in [0.3, 0.4) is 0 Å². The lowest BCUT2D eigenvalue weighted by Crippen LogP contribution is -2.29. The summed E-state index contributed by atoms with van der Waals surface area (Å²) in [5, 5.41) is 4.13. The number of halogens is 3. The molecule has 124 valence electrons. The van der Waals surface area contributed by atoms with Crippen LogP contribution in [0.4, 0.5) is 13.2 Å². The summed E-state index contributed by atoms with van der Waals surface area (Å²) < 4.78 is 50.8. The largest absolute Gasteiger partial charge is 0.481 e. The topological polar surface area (TPSA) is 71.2 Å². The van der Waals surface area contributed by atoms with E-state index in [0.29, 0.717) is 24.5 Å². The summed E-state index contributed by atoms with van der Waals surface area (Å²) in [4.78, 5) is 15.7. The Morgan fingerprint density at radius 2 is 2.17 bits per heavy atom. The van der Waals surface area contributed by atoms with Crippen LogP contribution < -0.4 is 10.4 Å². The van der Waals surface area contributed by atoms with Gasteiger partial charge >= 0.3 is 11.9 Å². The van der Waals surface area contributed by atoms with E-state index in [1.807, 2.05) is 0 Å². The number of rotatable bonds is 3. The van der Waals surface area contributed by atoms with Gasteiger partial charge in [-0.1, -0.05) is 0 Å². The molecular formula is C13H13F3N4O3. The number of hydrogen-bond acceptors (Lipinski definition) is 5. The van der Waals surface area contributed by atoms with Gasteiger partial charge in [0.05, 0.1) is 26.8 Å². The Bertz CT molecular complexity index is 782. The summed E-state index contributed by atoms with van der Waals surface area (Å²) in [5.74, 6) is 0.300. The summed E-state index contributed by atoms with van der Waals surface area (Å²) in [6.45, 7) is 1.01. The number of nitrogens with zero attached hydrogens (tertiary/aromatic N) is 4. The van der Waals surface area contributed by atoms with Crippen molar-refractivity contribution in [2.45, 2.75) is 25.9 Å². The summed E-state index contributed by atoms with van der Waals surface area (Å²) >= 11 is 0. The Labute approximate surface area is 128 Å². The molecule has 0 aromatic carbocycles. The number of aromatic nitrogens is 4. The van der Waals surface area contributed by atoms with E-state index in [9.17, 15) is 18.0 Å². The summed E-state index contributed by atoms with van der Waals surface area (Å²) in [6.07, 6.45) is -4.56. The monoisotopic (exact) mass is 330 g/mol. The molecule has 10 heteroatoms. The first-order valence-electron chi connectivity index (χ1n) is 6.75. The number of ether oxygens (including phenoxy) is 2. The minimum atomic E-state index is -4.56. The van der Waals surface area contributed by atoms with E-state index in [-0.39, 0.29) is 24.7 Å². The molecule has 0 aliphatic carbocycles. The minimum absolute atomic E-state index is 0.0346. The molecule has 2 aromatic heterocycles. The predicted octanol–water partition coefficient (Wildman–Crippen LogP) is 1.05. The van der Waals surface area contributed by atoms with Crippen molar-refractivity contribution in [1.29, 1.82) is 0 Å². The first-order valence-corrected chi connectivity index (χ1v) is 6.75. The fourth-order valence-electron chi connectivity index (χ4n) is 2.33. The van der Waals surface area contributed by atoms with Gasteiger partial charge in [0.2, 0.25) is 5.88 Å². The van der Waals surface area contributed by atoms with Crippen molar-refractivity contribution in [3.05, 3.63) is 39.7 Å². The zero-order valence-corrected chi connectivity index (χ0v) is 12.1. The highest BCUT2D eigenvalue weighted by Crippen LogP contribution is 2.30. The van der Waals surface area contributed by atoms with Gasteiger partial charge in [-0.25, -0.2) is 14.5 Å². The minimum Gasteiger partial charge on any atom is -0.481 e. The van der Waals surface area contributed by atoms with Crippen molar-refractivity contribution < 1.29 is 22.6 Å². The van der Waals surface area contributed by atoms with Crippen molar-refractivity contribution in [2.75, 3.05) is 13.7 Å². The maximum absolute atomic E-state index is 12.7. The van der Waals surface area contributed by atoms with Crippen LogP contribution in [0, 0.1) is 0 Å². The molecule has 3 heterocycles. The van der Waals surface area contributed by atoms with Gasteiger partial charge in [-0.3, -0.25) is 4.57 Å². The standard InChI is InChI=1S/C13H13F3N4O3/c1-22-11-8(2-3-9(17-11)13(14,15)16)6-20-12(21)19-4-5-23-7-10(19)18-20/h2-3H,4-7H2,1H3. The number of alkyl halides is 3. The number of pyridine rings is 1. The highest BCUT2D eigenvalue weighted by molar-refractivity contribution is 5.29. The molecule has 0 saturated heterocycles. The normalized spacial score (nSPS) is 14.6. The SMILES string of the molecule is COc1nc(C(F)(F)F)ccc1Cn1nc2n(c1=O)CCOC2. The lowest BCUT2D eigenvalue weighted by molar-refractivity contribution is -0.141. The van der Waals surface area contributed by atoms with Crippen molar-refractivity contribution in [3.63, 3.8) is 0 Å². The molecule has 0 unspecified atom stereocenters. The van der Waals surface area contributed by atoms with Gasteiger partial charge in [0.25, 0.3) is 0 Å². The second-order valence-electron chi connectivity index (χ2n) is 4.92. The molecule has 0 fully saturated rings. The summed E-state index contributed by atoms with van der Waals surface area (Å²) in [5.41, 5.74) is -1.06. The zero-order valence-electron chi connectivity index (χ0n) is 12.1. The molecule has 0 radical (unpaired) electrons. The van der Waals surface area contributed by atoms with Crippen molar-refractivity contribution in [3.8, 4) is 5.88 Å². The van der Waals surface area contributed by atoms with Crippen molar-refractivity contribution in [2.24, 2.45) is 0 Å².